The Labute approximate surface area is 148 Å². The highest BCUT2D eigenvalue weighted by Gasteiger charge is 2.21. The Hall–Kier alpha value is -1.85. The van der Waals surface area contributed by atoms with Crippen LogP contribution >= 0.6 is 11.3 Å². The number of carbonyl (C=O) groups excluding carboxylic acids is 1. The summed E-state index contributed by atoms with van der Waals surface area (Å²) in [5, 5.41) is 2.62. The number of amides is 1. The quantitative estimate of drug-likeness (QED) is 0.799. The highest BCUT2D eigenvalue weighted by atomic mass is 32.1. The highest BCUT2D eigenvalue weighted by molar-refractivity contribution is 7.22. The minimum atomic E-state index is 0.128. The maximum atomic E-state index is 12.2. The number of piperazine rings is 1. The third-order valence-electron chi connectivity index (χ3n) is 4.30. The molecule has 0 atom stereocenters. The normalized spacial score (nSPS) is 15.8. The van der Waals surface area contributed by atoms with Gasteiger partial charge in [-0.05, 0) is 44.1 Å². The predicted molar refractivity (Wildman–Crippen MR) is 103 cm³/mol. The van der Waals surface area contributed by atoms with Crippen molar-refractivity contribution < 1.29 is 4.79 Å². The lowest BCUT2D eigenvalue weighted by Gasteiger charge is -2.34. The van der Waals surface area contributed by atoms with E-state index in [0.29, 0.717) is 0 Å². The summed E-state index contributed by atoms with van der Waals surface area (Å²) in [6, 6.07) is 8.88. The van der Waals surface area contributed by atoms with E-state index in [-0.39, 0.29) is 5.91 Å². The van der Waals surface area contributed by atoms with Crippen LogP contribution in [0.5, 0.6) is 0 Å². The fourth-order valence-electron chi connectivity index (χ4n) is 2.90. The van der Waals surface area contributed by atoms with Gasteiger partial charge in [0.05, 0.1) is 5.00 Å². The lowest BCUT2D eigenvalue weighted by Crippen LogP contribution is -2.48. The first kappa shape index (κ1) is 17.0. The molecule has 1 saturated heterocycles. The molecule has 0 unspecified atom stereocenters. The van der Waals surface area contributed by atoms with Gasteiger partial charge in [-0.25, -0.2) is 0 Å². The van der Waals surface area contributed by atoms with E-state index >= 15 is 0 Å². The summed E-state index contributed by atoms with van der Waals surface area (Å²) in [5.74, 6) is 0.128. The van der Waals surface area contributed by atoms with E-state index in [0.717, 1.165) is 32.7 Å². The molecule has 1 amide bonds. The van der Waals surface area contributed by atoms with Crippen molar-refractivity contribution in [1.82, 2.24) is 9.80 Å². The lowest BCUT2D eigenvalue weighted by molar-refractivity contribution is -0.126. The van der Waals surface area contributed by atoms with Crippen LogP contribution in [0.2, 0.25) is 0 Å². The average Bonchev–Trinajstić information content (AvgIpc) is 2.97. The minimum Gasteiger partial charge on any atom is -0.360 e. The molecule has 1 aliphatic rings. The van der Waals surface area contributed by atoms with Crippen LogP contribution in [0, 0.1) is 6.92 Å². The summed E-state index contributed by atoms with van der Waals surface area (Å²) in [7, 11) is 4.00. The Morgan fingerprint density at radius 2 is 1.96 bits per heavy atom. The smallest absolute Gasteiger partial charge is 0.246 e. The predicted octanol–water partition coefficient (Wildman–Crippen LogP) is 2.98. The molecule has 1 aliphatic heterocycles. The van der Waals surface area contributed by atoms with E-state index < -0.39 is 0 Å². The Bertz CT molecular complexity index is 742. The van der Waals surface area contributed by atoms with E-state index in [1.807, 2.05) is 41.3 Å². The molecule has 0 spiro atoms. The third-order valence-corrected chi connectivity index (χ3v) is 5.46. The maximum Gasteiger partial charge on any atom is 0.246 e. The summed E-state index contributed by atoms with van der Waals surface area (Å²) in [4.78, 5) is 18.6. The largest absolute Gasteiger partial charge is 0.360 e. The molecule has 2 heterocycles. The standard InChI is InChI=1S/C19H25N3OS/c1-15-6-7-16-14-19(24-17(16)13-15)22-11-9-21(10-12-22)18(23)5-4-8-20(2)3/h4-7,13-14H,8-12H2,1-3H3/b5-4+. The van der Waals surface area contributed by atoms with Crippen LogP contribution in [0.25, 0.3) is 10.1 Å². The van der Waals surface area contributed by atoms with Crippen LogP contribution < -0.4 is 4.90 Å². The molecular weight excluding hydrogens is 318 g/mol. The van der Waals surface area contributed by atoms with Gasteiger partial charge in [-0.2, -0.15) is 0 Å². The van der Waals surface area contributed by atoms with E-state index in [1.165, 1.54) is 20.7 Å². The topological polar surface area (TPSA) is 26.8 Å². The van der Waals surface area contributed by atoms with Crippen LogP contribution in [0.3, 0.4) is 0 Å². The second kappa shape index (κ2) is 7.36. The second-order valence-electron chi connectivity index (χ2n) is 6.60. The highest BCUT2D eigenvalue weighted by Crippen LogP contribution is 2.33. The number of hydrogen-bond donors (Lipinski definition) is 0. The molecule has 3 rings (SSSR count). The van der Waals surface area contributed by atoms with Gasteiger partial charge < -0.3 is 14.7 Å². The molecule has 128 valence electrons. The maximum absolute atomic E-state index is 12.2. The van der Waals surface area contributed by atoms with Crippen molar-refractivity contribution in [3.63, 3.8) is 0 Å². The van der Waals surface area contributed by atoms with Crippen molar-refractivity contribution in [3.8, 4) is 0 Å². The fraction of sp³-hybridized carbons (Fsp3) is 0.421. The van der Waals surface area contributed by atoms with Crippen LogP contribution in [0.1, 0.15) is 5.56 Å². The first-order chi connectivity index (χ1) is 11.5. The first-order valence-electron chi connectivity index (χ1n) is 8.38. The Morgan fingerprint density at radius 3 is 2.67 bits per heavy atom. The lowest BCUT2D eigenvalue weighted by atomic mass is 10.2. The number of nitrogens with zero attached hydrogens (tertiary/aromatic N) is 3. The molecule has 4 nitrogen and oxygen atoms in total. The van der Waals surface area contributed by atoms with Crippen molar-refractivity contribution in [2.75, 3.05) is 51.7 Å². The van der Waals surface area contributed by atoms with Crippen molar-refractivity contribution in [1.29, 1.82) is 0 Å². The number of fused-ring (bicyclic) bond motifs is 1. The molecule has 24 heavy (non-hydrogen) atoms. The van der Waals surface area contributed by atoms with Crippen LogP contribution in [-0.4, -0.2) is 62.5 Å². The molecule has 1 fully saturated rings. The minimum absolute atomic E-state index is 0.128. The molecule has 0 radical (unpaired) electrons. The van der Waals surface area contributed by atoms with Gasteiger partial charge in [-0.1, -0.05) is 18.2 Å². The van der Waals surface area contributed by atoms with Gasteiger partial charge in [0.2, 0.25) is 5.91 Å². The molecule has 0 N–H and O–H groups in total. The molecule has 1 aromatic carbocycles. The number of likely N-dealkylation sites (N-methyl/N-ethyl adjacent to an activating group) is 1. The average molecular weight is 343 g/mol. The van der Waals surface area contributed by atoms with E-state index in [9.17, 15) is 4.79 Å². The van der Waals surface area contributed by atoms with E-state index in [2.05, 4.69) is 36.1 Å². The number of aryl methyl sites for hydroxylation is 1. The van der Waals surface area contributed by atoms with Crippen LogP contribution in [0.15, 0.2) is 36.4 Å². The van der Waals surface area contributed by atoms with Crippen molar-refractivity contribution >= 4 is 32.3 Å². The summed E-state index contributed by atoms with van der Waals surface area (Å²) in [6.07, 6.45) is 3.64. The summed E-state index contributed by atoms with van der Waals surface area (Å²) >= 11 is 1.85. The molecule has 5 heteroatoms. The number of anilines is 1. The number of benzene rings is 1. The Kier molecular flexibility index (Phi) is 5.21. The summed E-state index contributed by atoms with van der Waals surface area (Å²) < 4.78 is 1.34. The Balaban J connectivity index is 1.59. The number of carbonyl (C=O) groups is 1. The molecule has 0 bridgehead atoms. The fourth-order valence-corrected chi connectivity index (χ4v) is 4.11. The third kappa shape index (κ3) is 3.97. The number of thiophene rings is 1. The zero-order valence-electron chi connectivity index (χ0n) is 14.7. The van der Waals surface area contributed by atoms with E-state index in [4.69, 9.17) is 0 Å². The zero-order valence-corrected chi connectivity index (χ0v) is 15.5. The number of hydrogen-bond acceptors (Lipinski definition) is 4. The molecule has 0 aliphatic carbocycles. The summed E-state index contributed by atoms with van der Waals surface area (Å²) in [6.45, 7) is 6.31. The van der Waals surface area contributed by atoms with Crippen molar-refractivity contribution in [2.24, 2.45) is 0 Å². The van der Waals surface area contributed by atoms with Crippen LogP contribution in [-0.2, 0) is 4.79 Å². The van der Waals surface area contributed by atoms with Crippen molar-refractivity contribution in [3.05, 3.63) is 42.0 Å². The van der Waals surface area contributed by atoms with Gasteiger partial charge in [-0.15, -0.1) is 11.3 Å². The van der Waals surface area contributed by atoms with Gasteiger partial charge >= 0.3 is 0 Å². The molecular formula is C19H25N3OS. The van der Waals surface area contributed by atoms with E-state index in [1.54, 1.807) is 6.08 Å². The SMILES string of the molecule is Cc1ccc2cc(N3CCN(C(=O)/C=C/CN(C)C)CC3)sc2c1. The summed E-state index contributed by atoms with van der Waals surface area (Å²) in [5.41, 5.74) is 1.30. The molecule has 2 aromatic rings. The van der Waals surface area contributed by atoms with Gasteiger partial charge in [0.1, 0.15) is 0 Å². The van der Waals surface area contributed by atoms with Gasteiger partial charge in [-0.3, -0.25) is 4.79 Å². The molecule has 1 aromatic heterocycles. The Morgan fingerprint density at radius 1 is 1.21 bits per heavy atom. The molecule has 0 saturated carbocycles. The van der Waals surface area contributed by atoms with Gasteiger partial charge in [0, 0.05) is 43.5 Å². The monoisotopic (exact) mass is 343 g/mol. The van der Waals surface area contributed by atoms with Gasteiger partial charge in [0.25, 0.3) is 0 Å². The first-order valence-corrected chi connectivity index (χ1v) is 9.20. The van der Waals surface area contributed by atoms with Crippen LogP contribution in [0.4, 0.5) is 5.00 Å². The van der Waals surface area contributed by atoms with Crippen molar-refractivity contribution in [2.45, 2.75) is 6.92 Å². The number of rotatable bonds is 4. The van der Waals surface area contributed by atoms with Gasteiger partial charge in [0.15, 0.2) is 0 Å². The second-order valence-corrected chi connectivity index (χ2v) is 7.67. The zero-order chi connectivity index (χ0) is 17.1.